The van der Waals surface area contributed by atoms with E-state index in [0.29, 0.717) is 34.3 Å². The Labute approximate surface area is 183 Å². The lowest BCUT2D eigenvalue weighted by Crippen LogP contribution is -2.28. The van der Waals surface area contributed by atoms with Crippen molar-refractivity contribution in [2.75, 3.05) is 7.11 Å². The zero-order valence-electron chi connectivity index (χ0n) is 17.4. The second kappa shape index (κ2) is 8.53. The van der Waals surface area contributed by atoms with Gasteiger partial charge in [0.2, 0.25) is 0 Å². The van der Waals surface area contributed by atoms with Gasteiger partial charge in [-0.1, -0.05) is 43.8 Å². The Morgan fingerprint density at radius 3 is 2.70 bits per heavy atom. The summed E-state index contributed by atoms with van der Waals surface area (Å²) in [6.45, 7) is 6.52. The van der Waals surface area contributed by atoms with Crippen LogP contribution in [0.3, 0.4) is 0 Å². The van der Waals surface area contributed by atoms with Crippen LogP contribution in [-0.4, -0.2) is 34.0 Å². The molecule has 2 aromatic heterocycles. The lowest BCUT2D eigenvalue weighted by molar-refractivity contribution is -0.139. The summed E-state index contributed by atoms with van der Waals surface area (Å²) in [5, 5.41) is 0.664. The summed E-state index contributed by atoms with van der Waals surface area (Å²) in [7, 11) is 1.36. The molecule has 0 spiro atoms. The van der Waals surface area contributed by atoms with E-state index in [1.54, 1.807) is 11.5 Å². The quantitative estimate of drug-likeness (QED) is 0.334. The van der Waals surface area contributed by atoms with Crippen LogP contribution in [0.2, 0.25) is 0 Å². The van der Waals surface area contributed by atoms with E-state index in [0.717, 1.165) is 16.1 Å². The van der Waals surface area contributed by atoms with Crippen LogP contribution in [0, 0.1) is 5.92 Å². The fourth-order valence-corrected chi connectivity index (χ4v) is 5.71. The molecule has 30 heavy (non-hydrogen) atoms. The number of para-hydroxylation sites is 1. The van der Waals surface area contributed by atoms with Gasteiger partial charge in [-0.15, -0.1) is 11.3 Å². The minimum atomic E-state index is -0.488. The number of thiophene rings is 1. The van der Waals surface area contributed by atoms with Gasteiger partial charge in [-0.2, -0.15) is 0 Å². The number of carbonyl (C=O) groups excluding carboxylic acids is 1. The second-order valence-electron chi connectivity index (χ2n) is 7.64. The molecule has 6 nitrogen and oxygen atoms in total. The molecule has 158 valence electrons. The van der Waals surface area contributed by atoms with E-state index < -0.39 is 5.25 Å². The van der Waals surface area contributed by atoms with Gasteiger partial charge in [0.05, 0.1) is 30.9 Å². The van der Waals surface area contributed by atoms with E-state index in [1.807, 2.05) is 30.3 Å². The van der Waals surface area contributed by atoms with Crippen molar-refractivity contribution in [2.45, 2.75) is 50.3 Å². The average Bonchev–Trinajstić information content (AvgIpc) is 3.11. The van der Waals surface area contributed by atoms with Crippen molar-refractivity contribution < 1.29 is 14.3 Å². The maximum absolute atomic E-state index is 13.7. The molecule has 1 aliphatic rings. The zero-order valence-corrected chi connectivity index (χ0v) is 19.0. The number of ether oxygens (including phenoxy) is 2. The molecule has 2 atom stereocenters. The van der Waals surface area contributed by atoms with E-state index >= 15 is 0 Å². The standard InChI is InChI=1S/C22H24N2O4S2/c1-12(2)16-10-15-17(11-28-16)30-19-18(15)20(25)24(14-8-6-5-7-9-14)22(23-19)29-13(3)21(26)27-4/h5-9,12-13,16H,10-11H2,1-4H3/t13-,16-/m1/s1. The highest BCUT2D eigenvalue weighted by molar-refractivity contribution is 8.00. The summed E-state index contributed by atoms with van der Waals surface area (Å²) in [4.78, 5) is 32.3. The highest BCUT2D eigenvalue weighted by Crippen LogP contribution is 2.36. The maximum Gasteiger partial charge on any atom is 0.318 e. The summed E-state index contributed by atoms with van der Waals surface area (Å²) < 4.78 is 12.5. The van der Waals surface area contributed by atoms with E-state index in [4.69, 9.17) is 14.5 Å². The molecule has 0 aliphatic carbocycles. The molecule has 0 amide bonds. The van der Waals surface area contributed by atoms with E-state index in [1.165, 1.54) is 30.2 Å². The third-order valence-corrected chi connectivity index (χ3v) is 7.41. The summed E-state index contributed by atoms with van der Waals surface area (Å²) in [6, 6.07) is 9.43. The topological polar surface area (TPSA) is 70.4 Å². The third-order valence-electron chi connectivity index (χ3n) is 5.28. The number of aromatic nitrogens is 2. The van der Waals surface area contributed by atoms with Crippen molar-refractivity contribution in [3.63, 3.8) is 0 Å². The number of methoxy groups -OCH3 is 1. The number of fused-ring (bicyclic) bond motifs is 3. The molecule has 0 saturated carbocycles. The Morgan fingerprint density at radius 1 is 1.30 bits per heavy atom. The van der Waals surface area contributed by atoms with Crippen LogP contribution in [0.1, 0.15) is 31.2 Å². The Kier molecular flexibility index (Phi) is 5.99. The van der Waals surface area contributed by atoms with Gasteiger partial charge in [-0.3, -0.25) is 14.2 Å². The number of nitrogens with zero attached hydrogens (tertiary/aromatic N) is 2. The van der Waals surface area contributed by atoms with Crippen LogP contribution in [0.15, 0.2) is 40.3 Å². The lowest BCUT2D eigenvalue weighted by Gasteiger charge is -2.26. The van der Waals surface area contributed by atoms with Gasteiger partial charge >= 0.3 is 5.97 Å². The fraction of sp³-hybridized carbons (Fsp3) is 0.409. The second-order valence-corrected chi connectivity index (χ2v) is 10.0. The molecule has 1 aliphatic heterocycles. The molecule has 0 radical (unpaired) electrons. The fourth-order valence-electron chi connectivity index (χ4n) is 3.59. The molecule has 8 heteroatoms. The molecule has 4 rings (SSSR count). The van der Waals surface area contributed by atoms with Crippen LogP contribution in [-0.2, 0) is 27.3 Å². The van der Waals surface area contributed by atoms with Crippen LogP contribution in [0.4, 0.5) is 0 Å². The van der Waals surface area contributed by atoms with Crippen molar-refractivity contribution in [1.29, 1.82) is 0 Å². The number of carbonyl (C=O) groups is 1. The molecule has 0 fully saturated rings. The summed E-state index contributed by atoms with van der Waals surface area (Å²) in [5.41, 5.74) is 1.68. The minimum Gasteiger partial charge on any atom is -0.468 e. The Hall–Kier alpha value is -2.16. The van der Waals surface area contributed by atoms with Gasteiger partial charge in [0.25, 0.3) is 5.56 Å². The van der Waals surface area contributed by atoms with Crippen molar-refractivity contribution >= 4 is 39.3 Å². The molecule has 0 N–H and O–H groups in total. The van der Waals surface area contributed by atoms with Crippen molar-refractivity contribution in [3.05, 3.63) is 51.1 Å². The van der Waals surface area contributed by atoms with Crippen LogP contribution < -0.4 is 5.56 Å². The lowest BCUT2D eigenvalue weighted by atomic mass is 9.96. The summed E-state index contributed by atoms with van der Waals surface area (Å²) in [5.74, 6) is 0.0146. The number of rotatable bonds is 5. The first-order valence-electron chi connectivity index (χ1n) is 9.89. The maximum atomic E-state index is 13.7. The minimum absolute atomic E-state index is 0.0910. The Balaban J connectivity index is 1.92. The van der Waals surface area contributed by atoms with E-state index in [-0.39, 0.29) is 17.6 Å². The number of esters is 1. The number of hydrogen-bond acceptors (Lipinski definition) is 7. The molecular formula is C22H24N2O4S2. The number of thioether (sulfide) groups is 1. The van der Waals surface area contributed by atoms with Crippen molar-refractivity contribution in [3.8, 4) is 5.69 Å². The van der Waals surface area contributed by atoms with Gasteiger partial charge in [0, 0.05) is 11.3 Å². The van der Waals surface area contributed by atoms with Crippen LogP contribution in [0.5, 0.6) is 0 Å². The zero-order chi connectivity index (χ0) is 21.4. The molecule has 0 unspecified atom stereocenters. The average molecular weight is 445 g/mol. The highest BCUT2D eigenvalue weighted by atomic mass is 32.2. The van der Waals surface area contributed by atoms with Gasteiger partial charge < -0.3 is 9.47 Å². The van der Waals surface area contributed by atoms with E-state index in [2.05, 4.69) is 13.8 Å². The number of hydrogen-bond donors (Lipinski definition) is 0. The first-order chi connectivity index (χ1) is 14.4. The molecule has 1 aromatic carbocycles. The normalized spacial score (nSPS) is 17.2. The van der Waals surface area contributed by atoms with Crippen molar-refractivity contribution in [2.24, 2.45) is 5.92 Å². The molecule has 3 aromatic rings. The smallest absolute Gasteiger partial charge is 0.318 e. The van der Waals surface area contributed by atoms with Gasteiger partial charge in [-0.05, 0) is 30.5 Å². The first-order valence-corrected chi connectivity index (χ1v) is 11.6. The van der Waals surface area contributed by atoms with Crippen LogP contribution >= 0.6 is 23.1 Å². The highest BCUT2D eigenvalue weighted by Gasteiger charge is 2.29. The predicted octanol–water partition coefficient (Wildman–Crippen LogP) is 4.20. The predicted molar refractivity (Wildman–Crippen MR) is 120 cm³/mol. The molecule has 3 heterocycles. The Bertz CT molecular complexity index is 1140. The summed E-state index contributed by atoms with van der Waals surface area (Å²) in [6.07, 6.45) is 0.803. The first kappa shape index (κ1) is 21.1. The Morgan fingerprint density at radius 2 is 2.03 bits per heavy atom. The summed E-state index contributed by atoms with van der Waals surface area (Å²) >= 11 is 2.74. The molecule has 0 bridgehead atoms. The van der Waals surface area contributed by atoms with Crippen LogP contribution in [0.25, 0.3) is 15.9 Å². The van der Waals surface area contributed by atoms with Gasteiger partial charge in [0.1, 0.15) is 10.1 Å². The van der Waals surface area contributed by atoms with E-state index in [9.17, 15) is 9.59 Å². The van der Waals surface area contributed by atoms with Gasteiger partial charge in [-0.25, -0.2) is 4.98 Å². The largest absolute Gasteiger partial charge is 0.468 e. The SMILES string of the molecule is COC(=O)[C@@H](C)Sc1nc2sc3c(c2c(=O)n1-c1ccccc1)C[C@H](C(C)C)OC3. The van der Waals surface area contributed by atoms with Gasteiger partial charge in [0.15, 0.2) is 5.16 Å². The molecule has 0 saturated heterocycles. The third kappa shape index (κ3) is 3.79. The van der Waals surface area contributed by atoms with Crippen molar-refractivity contribution in [1.82, 2.24) is 9.55 Å². The molecular weight excluding hydrogens is 420 g/mol. The number of benzene rings is 1. The monoisotopic (exact) mass is 444 g/mol.